The zero-order chi connectivity index (χ0) is 21.7. The van der Waals surface area contributed by atoms with E-state index in [1.807, 2.05) is 36.4 Å². The van der Waals surface area contributed by atoms with Crippen molar-refractivity contribution in [2.75, 3.05) is 0 Å². The molecule has 2 heterocycles. The number of carbonyl (C=O) groups is 2. The van der Waals surface area contributed by atoms with E-state index >= 15 is 0 Å². The lowest BCUT2D eigenvalue weighted by molar-refractivity contribution is -0.0491. The maximum Gasteiger partial charge on any atom is 0.338 e. The first-order chi connectivity index (χ1) is 15.7. The summed E-state index contributed by atoms with van der Waals surface area (Å²) in [5.41, 5.74) is 3.63. The monoisotopic (exact) mass is 425 g/mol. The molecule has 160 valence electrons. The summed E-state index contributed by atoms with van der Waals surface area (Å²) in [5, 5.41) is 3.63. The van der Waals surface area contributed by atoms with Gasteiger partial charge in [-0.3, -0.25) is 0 Å². The van der Waals surface area contributed by atoms with Gasteiger partial charge in [0.05, 0.1) is 23.2 Å². The summed E-state index contributed by atoms with van der Waals surface area (Å²) in [6.45, 7) is 0. The van der Waals surface area contributed by atoms with E-state index < -0.39 is 24.1 Å². The maximum absolute atomic E-state index is 12.9. The van der Waals surface area contributed by atoms with E-state index in [4.69, 9.17) is 9.47 Å². The summed E-state index contributed by atoms with van der Waals surface area (Å²) >= 11 is 0. The van der Waals surface area contributed by atoms with Gasteiger partial charge in [0.15, 0.2) is 12.2 Å². The molecule has 6 unspecified atom stereocenters. The predicted octanol–water partition coefficient (Wildman–Crippen LogP) is 3.75. The topological polar surface area (TPSA) is 64.6 Å². The number of esters is 2. The molecule has 2 saturated heterocycles. The Hall–Kier alpha value is -3.44. The summed E-state index contributed by atoms with van der Waals surface area (Å²) in [4.78, 5) is 25.8. The number of fused-ring (bicyclic) bond motifs is 7. The second kappa shape index (κ2) is 7.61. The molecule has 2 bridgehead atoms. The van der Waals surface area contributed by atoms with Crippen molar-refractivity contribution in [3.8, 4) is 0 Å². The van der Waals surface area contributed by atoms with Crippen molar-refractivity contribution in [3.63, 3.8) is 0 Å². The third-order valence-corrected chi connectivity index (χ3v) is 7.10. The lowest BCUT2D eigenvalue weighted by Gasteiger charge is -2.35. The highest BCUT2D eigenvalue weighted by atomic mass is 16.6. The van der Waals surface area contributed by atoms with Crippen molar-refractivity contribution < 1.29 is 19.1 Å². The minimum atomic E-state index is -0.548. The molecule has 6 atom stereocenters. The van der Waals surface area contributed by atoms with Crippen LogP contribution in [0.25, 0.3) is 0 Å². The lowest BCUT2D eigenvalue weighted by atomic mass is 9.76. The SMILES string of the molecule is O=C(OC1C2NC(C1OC(=O)c1ccccc1)C1c3ccccc3CC21)c1ccccc1. The van der Waals surface area contributed by atoms with E-state index in [1.165, 1.54) is 11.1 Å². The molecular weight excluding hydrogens is 402 g/mol. The Balaban J connectivity index is 1.32. The smallest absolute Gasteiger partial charge is 0.338 e. The fourth-order valence-electron chi connectivity index (χ4n) is 5.78. The van der Waals surface area contributed by atoms with Crippen LogP contribution in [-0.2, 0) is 15.9 Å². The van der Waals surface area contributed by atoms with E-state index in [-0.39, 0.29) is 18.0 Å². The standard InChI is InChI=1S/C27H23NO4/c29-26(16-9-3-1-4-10-16)31-24-22-20-15-18-13-7-8-14-19(18)21(20)23(28-22)25(24)32-27(30)17-11-5-2-6-12-17/h1-14,20-25,28H,15H2. The number of hydrogen-bond acceptors (Lipinski definition) is 5. The van der Waals surface area contributed by atoms with Gasteiger partial charge in [-0.1, -0.05) is 60.7 Å². The number of ether oxygens (including phenoxy) is 2. The number of nitrogens with one attached hydrogen (secondary N) is 1. The van der Waals surface area contributed by atoms with Crippen LogP contribution in [0, 0.1) is 5.92 Å². The third kappa shape index (κ3) is 3.04. The Morgan fingerprint density at radius 3 is 1.84 bits per heavy atom. The van der Waals surface area contributed by atoms with Crippen molar-refractivity contribution >= 4 is 11.9 Å². The molecule has 3 aliphatic rings. The molecule has 2 fully saturated rings. The fourth-order valence-corrected chi connectivity index (χ4v) is 5.78. The molecule has 0 amide bonds. The summed E-state index contributed by atoms with van der Waals surface area (Å²) < 4.78 is 12.0. The Bertz CT molecular complexity index is 1160. The van der Waals surface area contributed by atoms with E-state index in [9.17, 15) is 9.59 Å². The molecule has 1 N–H and O–H groups in total. The van der Waals surface area contributed by atoms with Gasteiger partial charge in [0.25, 0.3) is 0 Å². The van der Waals surface area contributed by atoms with Gasteiger partial charge in [0, 0.05) is 5.92 Å². The Kier molecular flexibility index (Phi) is 4.58. The largest absolute Gasteiger partial charge is 0.453 e. The second-order valence-electron chi connectivity index (χ2n) is 8.78. The highest BCUT2D eigenvalue weighted by molar-refractivity contribution is 5.90. The quantitative estimate of drug-likeness (QED) is 0.645. The first-order valence-electron chi connectivity index (χ1n) is 11.1. The molecule has 2 aliphatic heterocycles. The average Bonchev–Trinajstić information content (AvgIpc) is 3.50. The summed E-state index contributed by atoms with van der Waals surface area (Å²) in [7, 11) is 0. The van der Waals surface area contributed by atoms with Gasteiger partial charge in [-0.25, -0.2) is 9.59 Å². The van der Waals surface area contributed by atoms with Crippen molar-refractivity contribution in [2.45, 2.75) is 36.6 Å². The van der Waals surface area contributed by atoms with Crippen LogP contribution in [0.2, 0.25) is 0 Å². The maximum atomic E-state index is 12.9. The molecule has 0 spiro atoms. The minimum Gasteiger partial charge on any atom is -0.453 e. The zero-order valence-corrected chi connectivity index (χ0v) is 17.4. The molecule has 6 rings (SSSR count). The molecule has 3 aromatic carbocycles. The van der Waals surface area contributed by atoms with Crippen LogP contribution < -0.4 is 5.32 Å². The molecular formula is C27H23NO4. The second-order valence-corrected chi connectivity index (χ2v) is 8.78. The van der Waals surface area contributed by atoms with Gasteiger partial charge in [-0.2, -0.15) is 0 Å². The minimum absolute atomic E-state index is 0.0568. The highest BCUT2D eigenvalue weighted by Crippen LogP contribution is 2.53. The van der Waals surface area contributed by atoms with Crippen LogP contribution in [0.1, 0.15) is 37.8 Å². The van der Waals surface area contributed by atoms with Crippen molar-refractivity contribution in [3.05, 3.63) is 107 Å². The number of hydrogen-bond donors (Lipinski definition) is 1. The molecule has 32 heavy (non-hydrogen) atoms. The normalized spacial score (nSPS) is 29.2. The van der Waals surface area contributed by atoms with Crippen LogP contribution in [0.4, 0.5) is 0 Å². The summed E-state index contributed by atoms with van der Waals surface area (Å²) in [5.74, 6) is -0.222. The first kappa shape index (κ1) is 19.3. The van der Waals surface area contributed by atoms with E-state index in [0.717, 1.165) is 6.42 Å². The Morgan fingerprint density at radius 2 is 1.22 bits per heavy atom. The number of rotatable bonds is 4. The highest BCUT2D eigenvalue weighted by Gasteiger charge is 2.63. The molecule has 0 aromatic heterocycles. The molecule has 1 aliphatic carbocycles. The van der Waals surface area contributed by atoms with E-state index in [2.05, 4.69) is 29.6 Å². The van der Waals surface area contributed by atoms with Crippen molar-refractivity contribution in [1.29, 1.82) is 0 Å². The Labute approximate surface area is 186 Å². The fraction of sp³-hybridized carbons (Fsp3) is 0.259. The van der Waals surface area contributed by atoms with Gasteiger partial charge >= 0.3 is 11.9 Å². The van der Waals surface area contributed by atoms with Crippen LogP contribution in [-0.4, -0.2) is 36.2 Å². The third-order valence-electron chi connectivity index (χ3n) is 7.10. The predicted molar refractivity (Wildman–Crippen MR) is 118 cm³/mol. The molecule has 5 heteroatoms. The van der Waals surface area contributed by atoms with Crippen LogP contribution >= 0.6 is 0 Å². The average molecular weight is 425 g/mol. The number of benzene rings is 3. The number of carbonyl (C=O) groups excluding carboxylic acids is 2. The summed E-state index contributed by atoms with van der Waals surface area (Å²) in [6.07, 6.45) is -0.142. The zero-order valence-electron chi connectivity index (χ0n) is 17.4. The molecule has 5 nitrogen and oxygen atoms in total. The summed E-state index contributed by atoms with van der Waals surface area (Å²) in [6, 6.07) is 26.2. The van der Waals surface area contributed by atoms with Crippen LogP contribution in [0.15, 0.2) is 84.9 Å². The molecule has 0 saturated carbocycles. The van der Waals surface area contributed by atoms with Gasteiger partial charge in [0.2, 0.25) is 0 Å². The van der Waals surface area contributed by atoms with E-state index in [0.29, 0.717) is 17.0 Å². The van der Waals surface area contributed by atoms with Crippen LogP contribution in [0.3, 0.4) is 0 Å². The van der Waals surface area contributed by atoms with Gasteiger partial charge in [-0.05, 0) is 47.7 Å². The first-order valence-corrected chi connectivity index (χ1v) is 11.1. The van der Waals surface area contributed by atoms with E-state index in [1.54, 1.807) is 24.3 Å². The lowest BCUT2D eigenvalue weighted by Crippen LogP contribution is -2.49. The van der Waals surface area contributed by atoms with Crippen molar-refractivity contribution in [2.24, 2.45) is 5.92 Å². The van der Waals surface area contributed by atoms with Crippen molar-refractivity contribution in [1.82, 2.24) is 5.32 Å². The van der Waals surface area contributed by atoms with Gasteiger partial charge in [0.1, 0.15) is 0 Å². The van der Waals surface area contributed by atoms with Crippen LogP contribution in [0.5, 0.6) is 0 Å². The van der Waals surface area contributed by atoms with Gasteiger partial charge < -0.3 is 14.8 Å². The molecule has 3 aromatic rings. The Morgan fingerprint density at radius 1 is 0.688 bits per heavy atom. The molecule has 0 radical (unpaired) electrons. The van der Waals surface area contributed by atoms with Gasteiger partial charge in [-0.15, -0.1) is 0 Å².